The topological polar surface area (TPSA) is 79.2 Å². The van der Waals surface area contributed by atoms with E-state index in [0.29, 0.717) is 11.1 Å². The van der Waals surface area contributed by atoms with Crippen molar-refractivity contribution in [2.24, 2.45) is 0 Å². The Morgan fingerprint density at radius 1 is 1.21 bits per heavy atom. The molecule has 5 nitrogen and oxygen atoms in total. The summed E-state index contributed by atoms with van der Waals surface area (Å²) in [6.45, 7) is 0.0260. The van der Waals surface area contributed by atoms with Gasteiger partial charge in [-0.1, -0.05) is 30.3 Å². The molecule has 1 aliphatic rings. The van der Waals surface area contributed by atoms with Crippen LogP contribution in [0.4, 0.5) is 5.69 Å². The average molecular weight is 338 g/mol. The lowest BCUT2D eigenvalue weighted by Crippen LogP contribution is -2.31. The second-order valence-corrected chi connectivity index (χ2v) is 6.47. The first kappa shape index (κ1) is 16.1. The number of benzene rings is 2. The van der Waals surface area contributed by atoms with Gasteiger partial charge in [0.25, 0.3) is 0 Å². The second kappa shape index (κ2) is 7.20. The number of anilines is 1. The molecule has 120 valence electrons. The smallest absolute Gasteiger partial charge is 0.307 e. The highest BCUT2D eigenvalue weighted by Gasteiger charge is 2.29. The van der Waals surface area contributed by atoms with Crippen LogP contribution in [0.3, 0.4) is 0 Å². The molecular formula is C18H14N2O3S. The molecule has 0 aliphatic carbocycles. The Morgan fingerprint density at radius 2 is 1.96 bits per heavy atom. The van der Waals surface area contributed by atoms with Crippen LogP contribution >= 0.6 is 11.8 Å². The third-order valence-electron chi connectivity index (χ3n) is 3.59. The summed E-state index contributed by atoms with van der Waals surface area (Å²) in [5.41, 5.74) is 1.89. The number of rotatable bonds is 4. The monoisotopic (exact) mass is 338 g/mol. The number of carbonyl (C=O) groups excluding carboxylic acids is 2. The van der Waals surface area contributed by atoms with Gasteiger partial charge in [0.1, 0.15) is 6.61 Å². The van der Waals surface area contributed by atoms with Crippen molar-refractivity contribution in [3.8, 4) is 6.07 Å². The van der Waals surface area contributed by atoms with E-state index in [0.717, 1.165) is 10.6 Å². The molecule has 3 rings (SSSR count). The Labute approximate surface area is 143 Å². The van der Waals surface area contributed by atoms with Crippen LogP contribution in [0.25, 0.3) is 0 Å². The van der Waals surface area contributed by atoms with Gasteiger partial charge in [-0.25, -0.2) is 0 Å². The van der Waals surface area contributed by atoms with E-state index < -0.39 is 11.2 Å². The zero-order chi connectivity index (χ0) is 16.9. The van der Waals surface area contributed by atoms with Crippen molar-refractivity contribution in [2.45, 2.75) is 23.2 Å². The number of fused-ring (bicyclic) bond motifs is 1. The lowest BCUT2D eigenvalue weighted by atomic mass is 10.1. The van der Waals surface area contributed by atoms with Crippen LogP contribution in [0.5, 0.6) is 0 Å². The fraction of sp³-hybridized carbons (Fsp3) is 0.167. The maximum Gasteiger partial charge on any atom is 0.307 e. The first-order valence-electron chi connectivity index (χ1n) is 7.37. The maximum atomic E-state index is 12.1. The van der Waals surface area contributed by atoms with E-state index in [2.05, 4.69) is 11.4 Å². The minimum atomic E-state index is -0.515. The van der Waals surface area contributed by atoms with Gasteiger partial charge in [-0.15, -0.1) is 11.8 Å². The minimum Gasteiger partial charge on any atom is -0.461 e. The van der Waals surface area contributed by atoms with E-state index in [4.69, 9.17) is 10.00 Å². The Kier molecular flexibility index (Phi) is 4.82. The van der Waals surface area contributed by atoms with Crippen molar-refractivity contribution in [3.05, 3.63) is 59.7 Å². The fourth-order valence-electron chi connectivity index (χ4n) is 2.35. The van der Waals surface area contributed by atoms with Gasteiger partial charge in [0, 0.05) is 10.5 Å². The second-order valence-electron chi connectivity index (χ2n) is 5.23. The molecule has 1 heterocycles. The number of hydrogen-bond acceptors (Lipinski definition) is 5. The number of nitrogens with zero attached hydrogens (tertiary/aromatic N) is 1. The van der Waals surface area contributed by atoms with E-state index in [1.807, 2.05) is 24.3 Å². The van der Waals surface area contributed by atoms with Crippen LogP contribution in [0.2, 0.25) is 0 Å². The molecule has 0 aromatic heterocycles. The molecular weight excluding hydrogens is 324 g/mol. The molecule has 1 aliphatic heterocycles. The SMILES string of the molecule is N#Cc1ccccc1COC(=O)C[C@H]1Sc2ccccc2NC1=O. The number of thioether (sulfide) groups is 1. The summed E-state index contributed by atoms with van der Waals surface area (Å²) in [4.78, 5) is 25.1. The molecule has 0 bridgehead atoms. The normalized spacial score (nSPS) is 15.8. The third-order valence-corrected chi connectivity index (χ3v) is 4.86. The van der Waals surface area contributed by atoms with Crippen molar-refractivity contribution in [3.63, 3.8) is 0 Å². The highest BCUT2D eigenvalue weighted by atomic mass is 32.2. The molecule has 0 saturated carbocycles. The summed E-state index contributed by atoms with van der Waals surface area (Å²) in [5, 5.41) is 11.3. The predicted octanol–water partition coefficient (Wildman–Crippen LogP) is 3.10. The highest BCUT2D eigenvalue weighted by Crippen LogP contribution is 2.36. The van der Waals surface area contributed by atoms with E-state index in [9.17, 15) is 9.59 Å². The van der Waals surface area contributed by atoms with Crippen LogP contribution in [-0.4, -0.2) is 17.1 Å². The Bertz CT molecular complexity index is 829. The zero-order valence-electron chi connectivity index (χ0n) is 12.7. The number of amides is 1. The largest absolute Gasteiger partial charge is 0.461 e. The van der Waals surface area contributed by atoms with Crippen molar-refractivity contribution in [2.75, 3.05) is 5.32 Å². The molecule has 0 radical (unpaired) electrons. The summed E-state index contributed by atoms with van der Waals surface area (Å²) < 4.78 is 5.23. The van der Waals surface area contributed by atoms with Gasteiger partial charge in [-0.05, 0) is 18.2 Å². The van der Waals surface area contributed by atoms with Gasteiger partial charge in [0.2, 0.25) is 5.91 Å². The van der Waals surface area contributed by atoms with Crippen LogP contribution in [0, 0.1) is 11.3 Å². The van der Waals surface area contributed by atoms with Crippen molar-refractivity contribution >= 4 is 29.3 Å². The Hall–Kier alpha value is -2.78. The fourth-order valence-corrected chi connectivity index (χ4v) is 3.45. The maximum absolute atomic E-state index is 12.1. The van der Waals surface area contributed by atoms with Gasteiger partial charge in [-0.3, -0.25) is 9.59 Å². The molecule has 6 heteroatoms. The number of nitrogens with one attached hydrogen (secondary N) is 1. The lowest BCUT2D eigenvalue weighted by molar-refractivity contribution is -0.145. The van der Waals surface area contributed by atoms with Crippen LogP contribution in [0.15, 0.2) is 53.4 Å². The van der Waals surface area contributed by atoms with Crippen molar-refractivity contribution < 1.29 is 14.3 Å². The summed E-state index contributed by atoms with van der Waals surface area (Å²) in [5.74, 6) is -0.664. The molecule has 0 fully saturated rings. The van der Waals surface area contributed by atoms with E-state index in [1.54, 1.807) is 24.3 Å². The first-order valence-corrected chi connectivity index (χ1v) is 8.25. The molecule has 2 aromatic carbocycles. The number of hydrogen-bond donors (Lipinski definition) is 1. The van der Waals surface area contributed by atoms with Gasteiger partial charge in [0.05, 0.1) is 29.0 Å². The van der Waals surface area contributed by atoms with Gasteiger partial charge in [-0.2, -0.15) is 5.26 Å². The van der Waals surface area contributed by atoms with Crippen LogP contribution in [-0.2, 0) is 20.9 Å². The third kappa shape index (κ3) is 3.58. The van der Waals surface area contributed by atoms with Gasteiger partial charge >= 0.3 is 5.97 Å². The molecule has 1 amide bonds. The van der Waals surface area contributed by atoms with Crippen LogP contribution in [0.1, 0.15) is 17.5 Å². The van der Waals surface area contributed by atoms with E-state index >= 15 is 0 Å². The highest BCUT2D eigenvalue weighted by molar-refractivity contribution is 8.01. The minimum absolute atomic E-state index is 0.0143. The van der Waals surface area contributed by atoms with Gasteiger partial charge < -0.3 is 10.1 Å². The Balaban J connectivity index is 1.60. The molecule has 1 atom stereocenters. The van der Waals surface area contributed by atoms with E-state index in [1.165, 1.54) is 11.8 Å². The summed E-state index contributed by atoms with van der Waals surface area (Å²) in [6.07, 6.45) is -0.0143. The molecule has 1 N–H and O–H groups in total. The summed E-state index contributed by atoms with van der Waals surface area (Å²) in [7, 11) is 0. The molecule has 24 heavy (non-hydrogen) atoms. The quantitative estimate of drug-likeness (QED) is 0.867. The van der Waals surface area contributed by atoms with Crippen molar-refractivity contribution in [1.29, 1.82) is 5.26 Å². The Morgan fingerprint density at radius 3 is 2.79 bits per heavy atom. The van der Waals surface area contributed by atoms with Crippen LogP contribution < -0.4 is 5.32 Å². The van der Waals surface area contributed by atoms with Gasteiger partial charge in [0.15, 0.2) is 0 Å². The van der Waals surface area contributed by atoms with Crippen molar-refractivity contribution in [1.82, 2.24) is 0 Å². The number of esters is 1. The lowest BCUT2D eigenvalue weighted by Gasteiger charge is -2.23. The van der Waals surface area contributed by atoms with E-state index in [-0.39, 0.29) is 18.9 Å². The average Bonchev–Trinajstić information content (AvgIpc) is 2.61. The molecule has 0 unspecified atom stereocenters. The summed E-state index contributed by atoms with van der Waals surface area (Å²) in [6, 6.07) is 16.5. The standard InChI is InChI=1S/C18H14N2O3S/c19-10-12-5-1-2-6-13(12)11-23-17(21)9-16-18(22)20-14-7-3-4-8-15(14)24-16/h1-8,16H,9,11H2,(H,20,22)/t16-/m1/s1. The predicted molar refractivity (Wildman–Crippen MR) is 90.3 cm³/mol. The summed E-state index contributed by atoms with van der Waals surface area (Å²) >= 11 is 1.36. The molecule has 2 aromatic rings. The number of para-hydroxylation sites is 1. The first-order chi connectivity index (χ1) is 11.7. The molecule has 0 saturated heterocycles. The molecule has 0 spiro atoms. The number of ether oxygens (including phenoxy) is 1. The number of nitriles is 1. The zero-order valence-corrected chi connectivity index (χ0v) is 13.5. The number of carbonyl (C=O) groups is 2.